The van der Waals surface area contributed by atoms with Gasteiger partial charge in [0.2, 0.25) is 10.0 Å². The van der Waals surface area contributed by atoms with Crippen molar-refractivity contribution in [2.45, 2.75) is 69.0 Å². The van der Waals surface area contributed by atoms with Gasteiger partial charge in [-0.2, -0.15) is 4.31 Å². The van der Waals surface area contributed by atoms with Gasteiger partial charge < -0.3 is 36.1 Å². The molecule has 2 heterocycles. The largest absolute Gasteiger partial charge is 0.443 e. The van der Waals surface area contributed by atoms with Gasteiger partial charge in [-0.15, -0.1) is 0 Å². The van der Waals surface area contributed by atoms with Crippen molar-refractivity contribution < 1.29 is 32.5 Å². The quantitative estimate of drug-likeness (QED) is 0.237. The Bertz CT molecular complexity index is 1260. The van der Waals surface area contributed by atoms with E-state index in [9.17, 15) is 18.3 Å². The predicted octanol–water partition coefficient (Wildman–Crippen LogP) is 2.48. The lowest BCUT2D eigenvalue weighted by Crippen LogP contribution is -2.52. The van der Waals surface area contributed by atoms with Crippen LogP contribution in [0.2, 0.25) is 0 Å². The number of carbonyl (C=O) groups is 1. The molecule has 5 atom stereocenters. The molecule has 2 aromatic rings. The zero-order valence-corrected chi connectivity index (χ0v) is 25.2. The SMILES string of the molecule is CC(C)(CCCN)CN(C[C@@H](O)[C@H](Cc1ccccc1)NC(=O)O[C@H]1CO[C@H]2OCC[C@H]21)S(=O)(=O)c1ccc(N)cc1. The minimum absolute atomic E-state index is 0.0375. The van der Waals surface area contributed by atoms with E-state index in [1.807, 2.05) is 44.2 Å². The first-order chi connectivity index (χ1) is 20.0. The van der Waals surface area contributed by atoms with E-state index >= 15 is 0 Å². The molecule has 2 aromatic carbocycles. The van der Waals surface area contributed by atoms with Crippen LogP contribution in [0.15, 0.2) is 59.5 Å². The standard InChI is InChI=1S/C30H44N4O7S/c1-30(2,14-6-15-31)20-34(42(37,38)23-11-9-22(32)10-12-23)18-26(35)25(17-21-7-4-3-5-8-21)33-29(36)41-27-19-40-28-24(27)13-16-39-28/h3-5,7-12,24-28,35H,6,13-20,31-32H2,1-2H3,(H,33,36)/t24-,25-,26+,27-,28+/m0/s1. The summed E-state index contributed by atoms with van der Waals surface area (Å²) in [5.41, 5.74) is 12.4. The van der Waals surface area contributed by atoms with Gasteiger partial charge in [0.15, 0.2) is 6.29 Å². The second kappa shape index (κ2) is 14.2. The Morgan fingerprint density at radius 1 is 1.17 bits per heavy atom. The van der Waals surface area contributed by atoms with Crippen LogP contribution in [0.1, 0.15) is 38.7 Å². The Balaban J connectivity index is 1.55. The maximum Gasteiger partial charge on any atom is 0.407 e. The topological polar surface area (TPSA) is 166 Å². The van der Waals surface area contributed by atoms with Crippen molar-refractivity contribution >= 4 is 21.8 Å². The van der Waals surface area contributed by atoms with E-state index in [4.69, 9.17) is 25.7 Å². The highest BCUT2D eigenvalue weighted by atomic mass is 32.2. The lowest BCUT2D eigenvalue weighted by atomic mass is 9.87. The number of rotatable bonds is 14. The molecule has 0 unspecified atom stereocenters. The molecule has 11 nitrogen and oxygen atoms in total. The number of hydrogen-bond donors (Lipinski definition) is 4. The Morgan fingerprint density at radius 2 is 1.88 bits per heavy atom. The molecule has 0 saturated carbocycles. The first-order valence-electron chi connectivity index (χ1n) is 14.5. The van der Waals surface area contributed by atoms with Gasteiger partial charge in [-0.05, 0) is 67.5 Å². The van der Waals surface area contributed by atoms with E-state index in [1.54, 1.807) is 0 Å². The minimum atomic E-state index is -4.02. The molecule has 2 aliphatic rings. The van der Waals surface area contributed by atoms with Crippen LogP contribution in [-0.2, 0) is 30.7 Å². The summed E-state index contributed by atoms with van der Waals surface area (Å²) in [5, 5.41) is 14.4. The molecule has 1 amide bonds. The average molecular weight is 605 g/mol. The molecule has 0 aromatic heterocycles. The number of nitrogens with zero attached hydrogens (tertiary/aromatic N) is 1. The molecule has 42 heavy (non-hydrogen) atoms. The molecule has 6 N–H and O–H groups in total. The van der Waals surface area contributed by atoms with Crippen molar-refractivity contribution in [2.24, 2.45) is 17.1 Å². The Hall–Kier alpha value is -2.74. The van der Waals surface area contributed by atoms with Crippen LogP contribution in [-0.4, -0.2) is 81.3 Å². The predicted molar refractivity (Wildman–Crippen MR) is 159 cm³/mol. The summed E-state index contributed by atoms with van der Waals surface area (Å²) in [7, 11) is -4.02. The van der Waals surface area contributed by atoms with Crippen molar-refractivity contribution in [1.29, 1.82) is 0 Å². The first-order valence-corrected chi connectivity index (χ1v) is 15.9. The number of sulfonamides is 1. The number of benzene rings is 2. The summed E-state index contributed by atoms with van der Waals surface area (Å²) >= 11 is 0. The fourth-order valence-electron chi connectivity index (χ4n) is 5.53. The van der Waals surface area contributed by atoms with E-state index in [0.717, 1.165) is 18.4 Å². The maximum atomic E-state index is 13.9. The van der Waals surface area contributed by atoms with Crippen LogP contribution in [0, 0.1) is 11.3 Å². The molecular formula is C30H44N4O7S. The summed E-state index contributed by atoms with van der Waals surface area (Å²) in [6.45, 7) is 5.11. The molecule has 0 bridgehead atoms. The maximum absolute atomic E-state index is 13.9. The first kappa shape index (κ1) is 32.2. The van der Waals surface area contributed by atoms with Gasteiger partial charge in [0.1, 0.15) is 6.10 Å². The van der Waals surface area contributed by atoms with Crippen molar-refractivity contribution in [3.8, 4) is 0 Å². The zero-order chi connectivity index (χ0) is 30.3. The number of carbonyl (C=O) groups excluding carboxylic acids is 1. The van der Waals surface area contributed by atoms with Gasteiger partial charge in [-0.1, -0.05) is 44.2 Å². The van der Waals surface area contributed by atoms with Crippen LogP contribution in [0.3, 0.4) is 0 Å². The number of fused-ring (bicyclic) bond motifs is 1. The fourth-order valence-corrected chi connectivity index (χ4v) is 7.18. The van der Waals surface area contributed by atoms with Crippen molar-refractivity contribution in [3.05, 3.63) is 60.2 Å². The number of aliphatic hydroxyl groups excluding tert-OH is 1. The van der Waals surface area contributed by atoms with E-state index in [2.05, 4.69) is 5.32 Å². The number of nitrogen functional groups attached to an aromatic ring is 1. The Morgan fingerprint density at radius 3 is 2.57 bits per heavy atom. The zero-order valence-electron chi connectivity index (χ0n) is 24.4. The molecule has 232 valence electrons. The highest BCUT2D eigenvalue weighted by molar-refractivity contribution is 7.89. The monoisotopic (exact) mass is 604 g/mol. The van der Waals surface area contributed by atoms with Gasteiger partial charge in [-0.25, -0.2) is 13.2 Å². The Kier molecular flexibility index (Phi) is 10.8. The van der Waals surface area contributed by atoms with Crippen molar-refractivity contribution in [1.82, 2.24) is 9.62 Å². The number of nitrogens with two attached hydrogens (primary N) is 2. The number of ether oxygens (including phenoxy) is 3. The number of hydrogen-bond acceptors (Lipinski definition) is 9. The number of amides is 1. The van der Waals surface area contributed by atoms with E-state index in [1.165, 1.54) is 28.6 Å². The lowest BCUT2D eigenvalue weighted by Gasteiger charge is -2.35. The molecule has 0 spiro atoms. The number of alkyl carbamates (subject to hydrolysis) is 1. The van der Waals surface area contributed by atoms with Crippen molar-refractivity contribution in [2.75, 3.05) is 38.6 Å². The van der Waals surface area contributed by atoms with Gasteiger partial charge in [0, 0.05) is 18.8 Å². The molecule has 0 aliphatic carbocycles. The third kappa shape index (κ3) is 8.42. The van der Waals surface area contributed by atoms with Crippen LogP contribution in [0.4, 0.5) is 10.5 Å². The molecule has 2 saturated heterocycles. The summed E-state index contributed by atoms with van der Waals surface area (Å²) in [6, 6.07) is 14.5. The molecule has 0 radical (unpaired) electrons. The minimum Gasteiger partial charge on any atom is -0.443 e. The van der Waals surface area contributed by atoms with Gasteiger partial charge >= 0.3 is 6.09 Å². The summed E-state index contributed by atoms with van der Waals surface area (Å²) in [4.78, 5) is 13.1. The second-order valence-corrected chi connectivity index (χ2v) is 13.8. The Labute approximate surface area is 248 Å². The second-order valence-electron chi connectivity index (χ2n) is 11.9. The third-order valence-electron chi connectivity index (χ3n) is 7.88. The third-order valence-corrected chi connectivity index (χ3v) is 9.71. The lowest BCUT2D eigenvalue weighted by molar-refractivity contribution is -0.0907. The molecule has 12 heteroatoms. The van der Waals surface area contributed by atoms with E-state index in [0.29, 0.717) is 25.3 Å². The highest BCUT2D eigenvalue weighted by Gasteiger charge is 2.44. The van der Waals surface area contributed by atoms with Crippen LogP contribution in [0.25, 0.3) is 0 Å². The summed E-state index contributed by atoms with van der Waals surface area (Å²) in [5.74, 6) is -0.0375. The van der Waals surface area contributed by atoms with E-state index < -0.39 is 39.8 Å². The summed E-state index contributed by atoms with van der Waals surface area (Å²) < 4.78 is 45.9. The fraction of sp³-hybridized carbons (Fsp3) is 0.567. The normalized spacial score (nSPS) is 22.1. The average Bonchev–Trinajstić information content (AvgIpc) is 3.57. The van der Waals surface area contributed by atoms with Crippen molar-refractivity contribution in [3.63, 3.8) is 0 Å². The molecule has 4 rings (SSSR count). The van der Waals surface area contributed by atoms with Gasteiger partial charge in [0.25, 0.3) is 0 Å². The number of anilines is 1. The summed E-state index contributed by atoms with van der Waals surface area (Å²) in [6.07, 6.45) is -0.369. The molecule has 2 aliphatic heterocycles. The van der Waals surface area contributed by atoms with Crippen LogP contribution < -0.4 is 16.8 Å². The molecular weight excluding hydrogens is 560 g/mol. The number of nitrogens with one attached hydrogen (secondary N) is 1. The highest BCUT2D eigenvalue weighted by Crippen LogP contribution is 2.33. The number of aliphatic hydroxyl groups is 1. The van der Waals surface area contributed by atoms with Crippen LogP contribution in [0.5, 0.6) is 0 Å². The van der Waals surface area contributed by atoms with Crippen LogP contribution >= 0.6 is 0 Å². The van der Waals surface area contributed by atoms with Gasteiger partial charge in [0.05, 0.1) is 36.2 Å². The smallest absolute Gasteiger partial charge is 0.407 e. The molecule has 2 fully saturated rings. The van der Waals surface area contributed by atoms with E-state index in [-0.39, 0.29) is 43.2 Å². The van der Waals surface area contributed by atoms with Gasteiger partial charge in [-0.3, -0.25) is 0 Å².